The van der Waals surface area contributed by atoms with Gasteiger partial charge in [-0.15, -0.1) is 0 Å². The second-order valence-corrected chi connectivity index (χ2v) is 5.49. The van der Waals surface area contributed by atoms with E-state index in [9.17, 15) is 10.1 Å². The molecule has 2 aromatic rings. The Labute approximate surface area is 143 Å². The molecule has 0 saturated heterocycles. The van der Waals surface area contributed by atoms with Gasteiger partial charge in [0, 0.05) is 5.56 Å². The molecule has 0 amide bonds. The maximum Gasteiger partial charge on any atom is 0.203 e. The van der Waals surface area contributed by atoms with Crippen molar-refractivity contribution in [2.24, 2.45) is 0 Å². The number of nitriles is 1. The fraction of sp³-hybridized carbons (Fsp3) is 0.238. The first kappa shape index (κ1) is 17.5. The van der Waals surface area contributed by atoms with Crippen molar-refractivity contribution in [3.63, 3.8) is 0 Å². The van der Waals surface area contributed by atoms with E-state index in [1.807, 2.05) is 36.4 Å². The summed E-state index contributed by atoms with van der Waals surface area (Å²) in [6.45, 7) is 2.86. The molecule has 0 aliphatic carbocycles. The Bertz CT molecular complexity index is 725. The lowest BCUT2D eigenvalue weighted by Gasteiger charge is -2.06. The van der Waals surface area contributed by atoms with Crippen molar-refractivity contribution in [2.45, 2.75) is 26.2 Å². The molecule has 0 aliphatic heterocycles. The maximum atomic E-state index is 12.3. The van der Waals surface area contributed by atoms with Gasteiger partial charge in [-0.1, -0.05) is 62.2 Å². The summed E-state index contributed by atoms with van der Waals surface area (Å²) in [6, 6.07) is 18.2. The van der Waals surface area contributed by atoms with Crippen LogP contribution in [0, 0.1) is 11.3 Å². The first-order valence-corrected chi connectivity index (χ1v) is 8.19. The van der Waals surface area contributed by atoms with Crippen molar-refractivity contribution in [1.82, 2.24) is 0 Å². The molecule has 3 nitrogen and oxygen atoms in total. The molecular formula is C21H21NO2. The summed E-state index contributed by atoms with van der Waals surface area (Å²) in [5.74, 6) is 0.536. The third-order valence-corrected chi connectivity index (χ3v) is 3.61. The predicted octanol–water partition coefficient (Wildman–Crippen LogP) is 5.05. The van der Waals surface area contributed by atoms with Crippen LogP contribution in [0.3, 0.4) is 0 Å². The van der Waals surface area contributed by atoms with E-state index in [1.54, 1.807) is 30.3 Å². The minimum atomic E-state index is -0.266. The second kappa shape index (κ2) is 9.32. The van der Waals surface area contributed by atoms with E-state index in [4.69, 9.17) is 4.74 Å². The monoisotopic (exact) mass is 319 g/mol. The SMILES string of the molecule is CCCCCOc1ccc(/C=C(\C#N)C(=O)c2ccccc2)cc1. The van der Waals surface area contributed by atoms with Crippen LogP contribution in [-0.2, 0) is 0 Å². The summed E-state index contributed by atoms with van der Waals surface area (Å²) in [4.78, 5) is 12.3. The molecule has 0 saturated carbocycles. The number of Topliss-reactive ketones (excluding diaryl/α,β-unsaturated/α-hetero) is 1. The third-order valence-electron chi connectivity index (χ3n) is 3.61. The lowest BCUT2D eigenvalue weighted by Crippen LogP contribution is -2.01. The molecule has 0 spiro atoms. The predicted molar refractivity (Wildman–Crippen MR) is 95.8 cm³/mol. The molecule has 0 bridgehead atoms. The number of carbonyl (C=O) groups excluding carboxylic acids is 1. The molecule has 2 rings (SSSR count). The van der Waals surface area contributed by atoms with Gasteiger partial charge in [0.15, 0.2) is 0 Å². The number of hydrogen-bond donors (Lipinski definition) is 0. The van der Waals surface area contributed by atoms with Crippen molar-refractivity contribution in [1.29, 1.82) is 5.26 Å². The Morgan fingerprint density at radius 2 is 1.79 bits per heavy atom. The van der Waals surface area contributed by atoms with Crippen LogP contribution in [0.25, 0.3) is 6.08 Å². The number of hydrogen-bond acceptors (Lipinski definition) is 3. The summed E-state index contributed by atoms with van der Waals surface area (Å²) < 4.78 is 5.66. The molecule has 0 heterocycles. The fourth-order valence-corrected chi connectivity index (χ4v) is 2.26. The fourth-order valence-electron chi connectivity index (χ4n) is 2.26. The summed E-state index contributed by atoms with van der Waals surface area (Å²) >= 11 is 0. The Kier molecular flexibility index (Phi) is 6.79. The van der Waals surface area contributed by atoms with Gasteiger partial charge in [0.25, 0.3) is 0 Å². The zero-order valence-corrected chi connectivity index (χ0v) is 13.9. The highest BCUT2D eigenvalue weighted by Gasteiger charge is 2.11. The van der Waals surface area contributed by atoms with Crippen LogP contribution in [0.15, 0.2) is 60.2 Å². The average molecular weight is 319 g/mol. The van der Waals surface area contributed by atoms with Gasteiger partial charge in [0.05, 0.1) is 6.61 Å². The lowest BCUT2D eigenvalue weighted by molar-refractivity contribution is 0.104. The summed E-state index contributed by atoms with van der Waals surface area (Å²) in [5, 5.41) is 9.28. The first-order valence-electron chi connectivity index (χ1n) is 8.19. The number of rotatable bonds is 8. The van der Waals surface area contributed by atoms with Gasteiger partial charge in [0.2, 0.25) is 5.78 Å². The van der Waals surface area contributed by atoms with Gasteiger partial charge in [0.1, 0.15) is 17.4 Å². The summed E-state index contributed by atoms with van der Waals surface area (Å²) in [5.41, 5.74) is 1.44. The minimum absolute atomic E-state index is 0.123. The van der Waals surface area contributed by atoms with Gasteiger partial charge >= 0.3 is 0 Å². The average Bonchev–Trinajstić information content (AvgIpc) is 2.64. The Balaban J connectivity index is 2.06. The molecule has 122 valence electrons. The molecule has 0 atom stereocenters. The van der Waals surface area contributed by atoms with Crippen LogP contribution >= 0.6 is 0 Å². The smallest absolute Gasteiger partial charge is 0.203 e. The molecule has 0 fully saturated rings. The highest BCUT2D eigenvalue weighted by atomic mass is 16.5. The zero-order chi connectivity index (χ0) is 17.2. The molecule has 0 radical (unpaired) electrons. The molecule has 24 heavy (non-hydrogen) atoms. The number of ketones is 1. The number of allylic oxidation sites excluding steroid dienone is 1. The summed E-state index contributed by atoms with van der Waals surface area (Å²) in [7, 11) is 0. The van der Waals surface area contributed by atoms with E-state index in [2.05, 4.69) is 6.92 Å². The van der Waals surface area contributed by atoms with Crippen LogP contribution in [0.2, 0.25) is 0 Å². The van der Waals surface area contributed by atoms with E-state index in [0.29, 0.717) is 12.2 Å². The Morgan fingerprint density at radius 1 is 1.08 bits per heavy atom. The number of carbonyl (C=O) groups is 1. The molecule has 0 unspecified atom stereocenters. The molecule has 2 aromatic carbocycles. The largest absolute Gasteiger partial charge is 0.494 e. The van der Waals surface area contributed by atoms with E-state index in [0.717, 1.165) is 24.2 Å². The van der Waals surface area contributed by atoms with Gasteiger partial charge in [-0.2, -0.15) is 5.26 Å². The molecule has 0 aliphatic rings. The highest BCUT2D eigenvalue weighted by Crippen LogP contribution is 2.17. The van der Waals surface area contributed by atoms with E-state index >= 15 is 0 Å². The second-order valence-electron chi connectivity index (χ2n) is 5.49. The standard InChI is InChI=1S/C21H21NO2/c1-2-3-7-14-24-20-12-10-17(11-13-20)15-19(16-22)21(23)18-8-5-4-6-9-18/h4-6,8-13,15H,2-3,7,14H2,1H3/b19-15+. The van der Waals surface area contributed by atoms with Crippen molar-refractivity contribution in [2.75, 3.05) is 6.61 Å². The normalized spacial score (nSPS) is 10.9. The van der Waals surface area contributed by atoms with Crippen molar-refractivity contribution in [3.8, 4) is 11.8 Å². The topological polar surface area (TPSA) is 50.1 Å². The molecule has 3 heteroatoms. The van der Waals surface area contributed by atoms with E-state index in [1.165, 1.54) is 6.42 Å². The number of nitrogens with zero attached hydrogens (tertiary/aromatic N) is 1. The molecular weight excluding hydrogens is 298 g/mol. The third kappa shape index (κ3) is 5.10. The van der Waals surface area contributed by atoms with Crippen molar-refractivity contribution in [3.05, 3.63) is 71.3 Å². The quantitative estimate of drug-likeness (QED) is 0.296. The van der Waals surface area contributed by atoms with Crippen molar-refractivity contribution < 1.29 is 9.53 Å². The van der Waals surface area contributed by atoms with Gasteiger partial charge in [-0.05, 0) is 30.2 Å². The number of unbranched alkanes of at least 4 members (excludes halogenated alkanes) is 2. The van der Waals surface area contributed by atoms with Crippen LogP contribution in [0.5, 0.6) is 5.75 Å². The number of ether oxygens (including phenoxy) is 1. The molecule has 0 aromatic heterocycles. The van der Waals surface area contributed by atoms with E-state index < -0.39 is 0 Å². The minimum Gasteiger partial charge on any atom is -0.494 e. The maximum absolute atomic E-state index is 12.3. The Hall–Kier alpha value is -2.86. The number of benzene rings is 2. The Morgan fingerprint density at radius 3 is 2.42 bits per heavy atom. The zero-order valence-electron chi connectivity index (χ0n) is 13.9. The van der Waals surface area contributed by atoms with Crippen LogP contribution in [0.1, 0.15) is 42.1 Å². The first-order chi connectivity index (χ1) is 11.7. The van der Waals surface area contributed by atoms with Crippen LogP contribution < -0.4 is 4.74 Å². The van der Waals surface area contributed by atoms with Crippen molar-refractivity contribution >= 4 is 11.9 Å². The van der Waals surface area contributed by atoms with E-state index in [-0.39, 0.29) is 11.4 Å². The van der Waals surface area contributed by atoms with Gasteiger partial charge in [-0.25, -0.2) is 0 Å². The van der Waals surface area contributed by atoms with Gasteiger partial charge in [-0.3, -0.25) is 4.79 Å². The lowest BCUT2D eigenvalue weighted by atomic mass is 10.0. The van der Waals surface area contributed by atoms with Gasteiger partial charge < -0.3 is 4.74 Å². The highest BCUT2D eigenvalue weighted by molar-refractivity contribution is 6.13. The summed E-state index contributed by atoms with van der Waals surface area (Å²) in [6.07, 6.45) is 4.98. The molecule has 0 N–H and O–H groups in total. The van der Waals surface area contributed by atoms with Crippen LogP contribution in [0.4, 0.5) is 0 Å². The van der Waals surface area contributed by atoms with Crippen LogP contribution in [-0.4, -0.2) is 12.4 Å².